The average molecular weight is 241 g/mol. The van der Waals surface area contributed by atoms with Crippen molar-refractivity contribution in [2.24, 2.45) is 0 Å². The van der Waals surface area contributed by atoms with Crippen molar-refractivity contribution >= 4 is 27.9 Å². The molecule has 0 saturated carbocycles. The predicted octanol–water partition coefficient (Wildman–Crippen LogP) is 4.99. The van der Waals surface area contributed by atoms with E-state index < -0.39 is 10.8 Å². The van der Waals surface area contributed by atoms with E-state index in [4.69, 9.17) is 27.9 Å². The Balaban J connectivity index is 4.83. The normalized spacial score (nSPS) is 19.8. The number of rotatable bonds is 3. The number of hydrogen-bond donors (Lipinski definition) is 0. The minimum absolute atomic E-state index is 0.734. The van der Waals surface area contributed by atoms with Gasteiger partial charge in [-0.15, -0.1) is 0 Å². The maximum atomic E-state index is 6.32. The van der Waals surface area contributed by atoms with Gasteiger partial charge in [-0.25, -0.2) is 0 Å². The minimum atomic E-state index is -3.93. The van der Waals surface area contributed by atoms with Crippen LogP contribution in [0.25, 0.3) is 0 Å². The summed E-state index contributed by atoms with van der Waals surface area (Å²) in [5.74, 6) is 0. The molecular weight excluding hydrogens is 226 g/mol. The zero-order valence-corrected chi connectivity index (χ0v) is 10.6. The molecule has 0 heterocycles. The zero-order chi connectivity index (χ0) is 8.53. The van der Waals surface area contributed by atoms with Crippen molar-refractivity contribution < 1.29 is 10.8 Å². The molecule has 0 rings (SSSR count). The zero-order valence-electron chi connectivity index (χ0n) is 6.76. The summed E-state index contributed by atoms with van der Waals surface area (Å²) in [5.41, 5.74) is 0. The van der Waals surface area contributed by atoms with Crippen LogP contribution in [0.5, 0.6) is 0 Å². The molecule has 0 nitrogen and oxygen atoms in total. The summed E-state index contributed by atoms with van der Waals surface area (Å²) in [7, 11) is 15.0. The topological polar surface area (TPSA) is 0 Å². The maximum absolute atomic E-state index is 6.32. The summed E-state index contributed by atoms with van der Waals surface area (Å²) in [6.45, 7) is 5.93. The second kappa shape index (κ2) is 2.53. The van der Waals surface area contributed by atoms with Gasteiger partial charge in [0, 0.05) is 0 Å². The Labute approximate surface area is 73.3 Å². The first-order valence-electron chi connectivity index (χ1n) is 3.75. The van der Waals surface area contributed by atoms with Crippen molar-refractivity contribution in [2.45, 2.75) is 34.9 Å². The SMILES string of the molecule is C[CH2][Ti]([Cl])([Cl])([Cl])([CH2]C)[CH2]C. The van der Waals surface area contributed by atoms with Crippen LogP contribution >= 0.6 is 27.9 Å². The molecule has 0 spiro atoms. The molecule has 0 atom stereocenters. The van der Waals surface area contributed by atoms with Gasteiger partial charge in [0.15, 0.2) is 0 Å². The van der Waals surface area contributed by atoms with Crippen molar-refractivity contribution in [1.82, 2.24) is 0 Å². The summed E-state index contributed by atoms with van der Waals surface area (Å²) in [4.78, 5) is 0. The quantitative estimate of drug-likeness (QED) is 0.611. The van der Waals surface area contributed by atoms with Gasteiger partial charge in [0.1, 0.15) is 0 Å². The molecule has 64 valence electrons. The van der Waals surface area contributed by atoms with E-state index in [0.29, 0.717) is 0 Å². The molecular formula is C6H15Cl3Ti. The first-order chi connectivity index (χ1) is 4.21. The first-order valence-corrected chi connectivity index (χ1v) is 13.5. The molecule has 4 heteroatoms. The van der Waals surface area contributed by atoms with Crippen molar-refractivity contribution in [1.29, 1.82) is 0 Å². The summed E-state index contributed by atoms with van der Waals surface area (Å²) < 4.78 is 2.20. The van der Waals surface area contributed by atoms with Gasteiger partial charge >= 0.3 is 73.7 Å². The van der Waals surface area contributed by atoms with Gasteiger partial charge < -0.3 is 0 Å². The Morgan fingerprint density at radius 1 is 0.800 bits per heavy atom. The molecule has 0 aromatic rings. The van der Waals surface area contributed by atoms with Crippen LogP contribution in [0.2, 0.25) is 14.2 Å². The molecule has 0 aromatic carbocycles. The third kappa shape index (κ3) is 2.57. The van der Waals surface area contributed by atoms with Crippen LogP contribution < -0.4 is 0 Å². The van der Waals surface area contributed by atoms with Gasteiger partial charge in [0.25, 0.3) is 0 Å². The Morgan fingerprint density at radius 2 is 1.00 bits per heavy atom. The predicted molar refractivity (Wildman–Crippen MR) is 49.0 cm³/mol. The monoisotopic (exact) mass is 240 g/mol. The third-order valence-electron chi connectivity index (χ3n) is 2.70. The summed E-state index contributed by atoms with van der Waals surface area (Å²) >= 11 is 0. The van der Waals surface area contributed by atoms with Crippen LogP contribution in [-0.4, -0.2) is 0 Å². The van der Waals surface area contributed by atoms with Crippen LogP contribution in [-0.2, 0) is 10.8 Å². The van der Waals surface area contributed by atoms with Crippen molar-refractivity contribution in [2.75, 3.05) is 0 Å². The van der Waals surface area contributed by atoms with Crippen LogP contribution in [0.15, 0.2) is 0 Å². The second-order valence-corrected chi connectivity index (χ2v) is 30.3. The summed E-state index contributed by atoms with van der Waals surface area (Å²) in [6, 6.07) is 0. The Kier molecular flexibility index (Phi) is 2.94. The van der Waals surface area contributed by atoms with E-state index in [1.807, 2.05) is 20.8 Å². The molecule has 0 aliphatic heterocycles. The van der Waals surface area contributed by atoms with E-state index in [1.54, 1.807) is 0 Å². The van der Waals surface area contributed by atoms with E-state index >= 15 is 0 Å². The fourth-order valence-corrected chi connectivity index (χ4v) is 3.09. The van der Waals surface area contributed by atoms with Gasteiger partial charge in [-0.2, -0.15) is 0 Å². The molecule has 0 bridgehead atoms. The van der Waals surface area contributed by atoms with Crippen molar-refractivity contribution in [3.8, 4) is 0 Å². The Morgan fingerprint density at radius 3 is 1.00 bits per heavy atom. The van der Waals surface area contributed by atoms with Gasteiger partial charge in [0.2, 0.25) is 0 Å². The van der Waals surface area contributed by atoms with Crippen LogP contribution in [0.3, 0.4) is 0 Å². The van der Waals surface area contributed by atoms with E-state index in [0.717, 1.165) is 14.2 Å². The van der Waals surface area contributed by atoms with E-state index in [9.17, 15) is 0 Å². The van der Waals surface area contributed by atoms with Crippen LogP contribution in [0.1, 0.15) is 20.8 Å². The average Bonchev–Trinajstić information content (AvgIpc) is 1.90. The Hall–Kier alpha value is 1.58. The fraction of sp³-hybridized carbons (Fsp3) is 1.00. The first kappa shape index (κ1) is 11.6. The van der Waals surface area contributed by atoms with Gasteiger partial charge in [0.05, 0.1) is 0 Å². The van der Waals surface area contributed by atoms with Gasteiger partial charge in [-0.3, -0.25) is 0 Å². The molecule has 0 unspecified atom stereocenters. The fourth-order valence-electron chi connectivity index (χ4n) is 0.750. The van der Waals surface area contributed by atoms with Crippen molar-refractivity contribution in [3.63, 3.8) is 0 Å². The number of hydrogen-bond acceptors (Lipinski definition) is 0. The van der Waals surface area contributed by atoms with E-state index in [2.05, 4.69) is 0 Å². The second-order valence-electron chi connectivity index (χ2n) is 3.23. The van der Waals surface area contributed by atoms with Crippen LogP contribution in [0.4, 0.5) is 0 Å². The Bertz CT molecular complexity index is 120. The third-order valence-corrected chi connectivity index (χ3v) is 21.1. The summed E-state index contributed by atoms with van der Waals surface area (Å²) in [6.07, 6.45) is 0. The van der Waals surface area contributed by atoms with E-state index in [1.165, 1.54) is 0 Å². The molecule has 0 aliphatic rings. The molecule has 0 N–H and O–H groups in total. The van der Waals surface area contributed by atoms with Crippen molar-refractivity contribution in [3.05, 3.63) is 0 Å². The van der Waals surface area contributed by atoms with E-state index in [-0.39, 0.29) is 0 Å². The van der Waals surface area contributed by atoms with Gasteiger partial charge in [-0.05, 0) is 0 Å². The standard InChI is InChI=1S/3C2H5.3ClH.Ti/c3*1-2;;;;/h3*1H2,2H3;3*1H;/q;;;;;;+3/p-3. The molecule has 0 aliphatic carbocycles. The molecule has 0 aromatic heterocycles. The molecule has 0 amide bonds. The van der Waals surface area contributed by atoms with Crippen LogP contribution in [0, 0.1) is 0 Å². The molecule has 10 heavy (non-hydrogen) atoms. The summed E-state index contributed by atoms with van der Waals surface area (Å²) in [5, 5.41) is 0. The molecule has 0 fully saturated rings. The number of halogens is 3. The van der Waals surface area contributed by atoms with Gasteiger partial charge in [-0.1, -0.05) is 0 Å². The molecule has 0 saturated heterocycles. The molecule has 0 radical (unpaired) electrons.